The van der Waals surface area contributed by atoms with E-state index in [9.17, 15) is 0 Å². The van der Waals surface area contributed by atoms with Gasteiger partial charge < -0.3 is 5.32 Å². The van der Waals surface area contributed by atoms with Crippen molar-refractivity contribution < 1.29 is 0 Å². The van der Waals surface area contributed by atoms with E-state index >= 15 is 0 Å². The second-order valence-corrected chi connectivity index (χ2v) is 4.06. The van der Waals surface area contributed by atoms with E-state index in [4.69, 9.17) is 0 Å². The molecule has 2 N–H and O–H groups in total. The Morgan fingerprint density at radius 2 is 2.17 bits per heavy atom. The average Bonchev–Trinajstić information content (AvgIpc) is 2.35. The fraction of sp³-hybridized carbons (Fsp3) is 0.667. The van der Waals surface area contributed by atoms with E-state index in [1.165, 1.54) is 0 Å². The summed E-state index contributed by atoms with van der Waals surface area (Å²) in [6.45, 7) is 7.33. The monoisotopic (exact) mass is 167 g/mol. The lowest BCUT2D eigenvalue weighted by Gasteiger charge is -2.13. The third-order valence-corrected chi connectivity index (χ3v) is 1.77. The second-order valence-electron chi connectivity index (χ2n) is 4.06. The summed E-state index contributed by atoms with van der Waals surface area (Å²) in [5, 5.41) is 10.3. The molecule has 12 heavy (non-hydrogen) atoms. The second kappa shape index (κ2) is 3.27. The van der Waals surface area contributed by atoms with Crippen LogP contribution in [0.1, 0.15) is 32.2 Å². The number of H-pyrrole nitrogens is 1. The lowest BCUT2D eigenvalue weighted by molar-refractivity contribution is 0.567. The number of aromatic amines is 1. The molecule has 1 aromatic heterocycles. The number of aromatic nitrogens is 2. The minimum Gasteiger partial charge on any atom is -0.314 e. The maximum Gasteiger partial charge on any atom is 0.0678 e. The standard InChI is InChI=1S/C9H17N3/c1-9(2,3)8-5-7(6-10-4)11-12-8/h5,10H,6H2,1-4H3,(H,11,12). The van der Waals surface area contributed by atoms with Crippen LogP contribution in [0.2, 0.25) is 0 Å². The summed E-state index contributed by atoms with van der Waals surface area (Å²) in [4.78, 5) is 0. The molecule has 0 aromatic carbocycles. The fourth-order valence-corrected chi connectivity index (χ4v) is 1.03. The molecule has 0 radical (unpaired) electrons. The highest BCUT2D eigenvalue weighted by Crippen LogP contribution is 2.19. The zero-order valence-corrected chi connectivity index (χ0v) is 8.23. The largest absolute Gasteiger partial charge is 0.314 e. The normalized spacial score (nSPS) is 12.0. The van der Waals surface area contributed by atoms with Gasteiger partial charge in [-0.1, -0.05) is 20.8 Å². The molecule has 3 heteroatoms. The van der Waals surface area contributed by atoms with Gasteiger partial charge in [0.1, 0.15) is 0 Å². The van der Waals surface area contributed by atoms with Crippen molar-refractivity contribution in [2.75, 3.05) is 7.05 Å². The average molecular weight is 167 g/mol. The van der Waals surface area contributed by atoms with Crippen LogP contribution >= 0.6 is 0 Å². The van der Waals surface area contributed by atoms with Crippen LogP contribution in [0.5, 0.6) is 0 Å². The van der Waals surface area contributed by atoms with Crippen molar-refractivity contribution in [3.8, 4) is 0 Å². The number of hydrogen-bond acceptors (Lipinski definition) is 2. The van der Waals surface area contributed by atoms with Gasteiger partial charge in [0.25, 0.3) is 0 Å². The fourth-order valence-electron chi connectivity index (χ4n) is 1.03. The Labute approximate surface area is 73.6 Å². The SMILES string of the molecule is CNCc1cc(C(C)(C)C)n[nH]1. The summed E-state index contributed by atoms with van der Waals surface area (Å²) < 4.78 is 0. The van der Waals surface area contributed by atoms with Crippen LogP contribution in [0.15, 0.2) is 6.07 Å². The molecule has 0 aliphatic heterocycles. The molecule has 0 unspecified atom stereocenters. The molecule has 1 aromatic rings. The van der Waals surface area contributed by atoms with E-state index in [2.05, 4.69) is 42.4 Å². The Hall–Kier alpha value is -0.830. The van der Waals surface area contributed by atoms with Crippen molar-refractivity contribution in [3.05, 3.63) is 17.5 Å². The zero-order valence-electron chi connectivity index (χ0n) is 8.23. The lowest BCUT2D eigenvalue weighted by Crippen LogP contribution is -2.11. The molecule has 0 atom stereocenters. The van der Waals surface area contributed by atoms with Gasteiger partial charge in [0.2, 0.25) is 0 Å². The van der Waals surface area contributed by atoms with Gasteiger partial charge in [0.15, 0.2) is 0 Å². The van der Waals surface area contributed by atoms with Gasteiger partial charge in [-0.15, -0.1) is 0 Å². The van der Waals surface area contributed by atoms with Crippen LogP contribution in [-0.4, -0.2) is 17.2 Å². The minimum atomic E-state index is 0.141. The van der Waals surface area contributed by atoms with Gasteiger partial charge in [-0.2, -0.15) is 5.10 Å². The summed E-state index contributed by atoms with van der Waals surface area (Å²) in [5.74, 6) is 0. The summed E-state index contributed by atoms with van der Waals surface area (Å²) in [7, 11) is 1.93. The van der Waals surface area contributed by atoms with Crippen LogP contribution in [-0.2, 0) is 12.0 Å². The highest BCUT2D eigenvalue weighted by molar-refractivity contribution is 5.15. The maximum atomic E-state index is 4.24. The first-order valence-electron chi connectivity index (χ1n) is 4.23. The third kappa shape index (κ3) is 2.08. The van der Waals surface area contributed by atoms with Gasteiger partial charge in [0.05, 0.1) is 5.69 Å². The Balaban J connectivity index is 2.77. The maximum absolute atomic E-state index is 4.24. The van der Waals surface area contributed by atoms with E-state index in [-0.39, 0.29) is 5.41 Å². The molecule has 3 nitrogen and oxygen atoms in total. The van der Waals surface area contributed by atoms with Crippen molar-refractivity contribution in [3.63, 3.8) is 0 Å². The number of hydrogen-bond donors (Lipinski definition) is 2. The zero-order chi connectivity index (χ0) is 9.19. The molecule has 0 saturated carbocycles. The summed E-state index contributed by atoms with van der Waals surface area (Å²) in [5.41, 5.74) is 2.40. The van der Waals surface area contributed by atoms with E-state index < -0.39 is 0 Å². The molecule has 0 fully saturated rings. The number of nitrogens with zero attached hydrogens (tertiary/aromatic N) is 1. The van der Waals surface area contributed by atoms with Crippen LogP contribution in [0.4, 0.5) is 0 Å². The van der Waals surface area contributed by atoms with Crippen molar-refractivity contribution in [2.24, 2.45) is 0 Å². The Kier molecular flexibility index (Phi) is 2.52. The van der Waals surface area contributed by atoms with Gasteiger partial charge >= 0.3 is 0 Å². The molecule has 1 rings (SSSR count). The van der Waals surface area contributed by atoms with Gasteiger partial charge in [-0.25, -0.2) is 0 Å². The number of nitrogens with one attached hydrogen (secondary N) is 2. The predicted molar refractivity (Wildman–Crippen MR) is 50.1 cm³/mol. The summed E-state index contributed by atoms with van der Waals surface area (Å²) in [6.07, 6.45) is 0. The topological polar surface area (TPSA) is 40.7 Å². The summed E-state index contributed by atoms with van der Waals surface area (Å²) >= 11 is 0. The molecule has 68 valence electrons. The van der Waals surface area contributed by atoms with Crippen LogP contribution < -0.4 is 5.32 Å². The van der Waals surface area contributed by atoms with E-state index in [1.807, 2.05) is 7.05 Å². The molecule has 1 heterocycles. The van der Waals surface area contributed by atoms with Crippen LogP contribution in [0.3, 0.4) is 0 Å². The van der Waals surface area contributed by atoms with Gasteiger partial charge in [0, 0.05) is 17.7 Å². The summed E-state index contributed by atoms with van der Waals surface area (Å²) in [6, 6.07) is 2.11. The first-order chi connectivity index (χ1) is 5.54. The molecular formula is C9H17N3. The number of rotatable bonds is 2. The minimum absolute atomic E-state index is 0.141. The van der Waals surface area contributed by atoms with Crippen molar-refractivity contribution in [1.82, 2.24) is 15.5 Å². The first-order valence-corrected chi connectivity index (χ1v) is 4.23. The van der Waals surface area contributed by atoms with Gasteiger partial charge in [-0.3, -0.25) is 5.10 Å². The third-order valence-electron chi connectivity index (χ3n) is 1.77. The van der Waals surface area contributed by atoms with Crippen molar-refractivity contribution in [2.45, 2.75) is 32.7 Å². The van der Waals surface area contributed by atoms with Crippen molar-refractivity contribution >= 4 is 0 Å². The Bertz CT molecular complexity index is 245. The predicted octanol–water partition coefficient (Wildman–Crippen LogP) is 1.43. The first kappa shape index (κ1) is 9.26. The highest BCUT2D eigenvalue weighted by atomic mass is 15.1. The van der Waals surface area contributed by atoms with Gasteiger partial charge in [-0.05, 0) is 13.1 Å². The quantitative estimate of drug-likeness (QED) is 0.699. The Morgan fingerprint density at radius 1 is 1.50 bits per heavy atom. The van der Waals surface area contributed by atoms with E-state index in [0.29, 0.717) is 0 Å². The molecule has 0 saturated heterocycles. The molecule has 0 bridgehead atoms. The highest BCUT2D eigenvalue weighted by Gasteiger charge is 2.16. The molecule has 0 amide bonds. The molecule has 0 spiro atoms. The van der Waals surface area contributed by atoms with Crippen LogP contribution in [0, 0.1) is 0 Å². The smallest absolute Gasteiger partial charge is 0.0678 e. The molecule has 0 aliphatic rings. The molecular weight excluding hydrogens is 150 g/mol. The van der Waals surface area contributed by atoms with E-state index in [1.54, 1.807) is 0 Å². The molecule has 0 aliphatic carbocycles. The van der Waals surface area contributed by atoms with Crippen molar-refractivity contribution in [1.29, 1.82) is 0 Å². The van der Waals surface area contributed by atoms with E-state index in [0.717, 1.165) is 17.9 Å². The van der Waals surface area contributed by atoms with Crippen LogP contribution in [0.25, 0.3) is 0 Å². The Morgan fingerprint density at radius 3 is 2.58 bits per heavy atom. The lowest BCUT2D eigenvalue weighted by atomic mass is 9.92.